The highest BCUT2D eigenvalue weighted by atomic mass is 16.3. The molecule has 7 aliphatic rings. The molecular weight excluding hydrogens is 1810 g/mol. The Morgan fingerprint density at radius 2 is 0.507 bits per heavy atom. The van der Waals surface area contributed by atoms with Crippen LogP contribution in [0.1, 0.15) is 329 Å². The maximum absolute atomic E-state index is 7.41. The fraction of sp³-hybridized carbons (Fsp3) is 0.306. The van der Waals surface area contributed by atoms with Crippen molar-refractivity contribution in [2.24, 2.45) is 0 Å². The Hall–Kier alpha value is -13.9. The summed E-state index contributed by atoms with van der Waals surface area (Å²) in [5.41, 5.74) is 56.1. The zero-order valence-corrected chi connectivity index (χ0v) is 90.8. The van der Waals surface area contributed by atoms with Crippen molar-refractivity contribution in [3.05, 3.63) is 399 Å². The lowest BCUT2D eigenvalue weighted by Crippen LogP contribution is -2.25. The zero-order chi connectivity index (χ0) is 102. The number of hydrogen-bond acceptors (Lipinski definition) is 3. The van der Waals surface area contributed by atoms with Gasteiger partial charge in [-0.1, -0.05) is 444 Å². The van der Waals surface area contributed by atoms with Crippen molar-refractivity contribution in [3.63, 3.8) is 0 Å². The minimum absolute atomic E-state index is 0.0159. The highest BCUT2D eigenvalue weighted by molar-refractivity contribution is 6.21. The molecule has 3 heteroatoms. The van der Waals surface area contributed by atoms with Gasteiger partial charge in [0.15, 0.2) is 0 Å². The van der Waals surface area contributed by atoms with E-state index in [0.717, 1.165) is 55.7 Å². The Balaban J connectivity index is 0.532. The molecule has 0 amide bonds. The van der Waals surface area contributed by atoms with E-state index in [1.54, 1.807) is 22.3 Å². The molecule has 0 atom stereocenters. The number of fused-ring (bicyclic) bond motifs is 29. The van der Waals surface area contributed by atoms with Crippen molar-refractivity contribution in [1.29, 1.82) is 0 Å². The van der Waals surface area contributed by atoms with Crippen LogP contribution in [0.15, 0.2) is 330 Å². The Labute approximate surface area is 890 Å². The molecule has 0 fully saturated rings. The first-order chi connectivity index (χ1) is 73.0. The standard InChI is InChI=1S/C147H143NO2/c1-15-19-23-27-44-76-146(77-45-28-24-20-16-2)118-55-39-34-51-102(118)108-70-62-95(82-128(108)146)93-60-68-104-106-72-64-97(84-122(106)141(5,6)120(104)80-93)114-88-131-137(140-135(114)112-53-37-42-58-133(112)150-140)111-75-67-100(87-125(111)144(131,11)12)148(132-57-41-36-50-101(132)92-48-32-31-33-49-92)99-66-74-110-116-90-127-117(91-126(116)143(9,10)124(110)86-99)136-130(145(127,13)14)89-115(139-138(136)113-54-38-43-59-134(113)149-139)98-65-73-107-105-69-61-94(81-121(105)142(7,8)123(107)85-98)96-63-71-109-103-52-35-40-56-119(103)147(129(109)83-96,78-46-29-25-21-17-3)79-47-30-26-22-18-4/h31-43,48-75,80-91H,15-30,44-47,76-79H2,1-14H3. The van der Waals surface area contributed by atoms with Crippen LogP contribution in [-0.4, -0.2) is 0 Å². The summed E-state index contributed by atoms with van der Waals surface area (Å²) in [6.45, 7) is 34.1. The summed E-state index contributed by atoms with van der Waals surface area (Å²) in [5, 5.41) is 4.66. The van der Waals surface area contributed by atoms with E-state index in [1.807, 2.05) is 0 Å². The van der Waals surface area contributed by atoms with Gasteiger partial charge in [-0.2, -0.15) is 0 Å². The van der Waals surface area contributed by atoms with Gasteiger partial charge in [0.1, 0.15) is 22.3 Å². The molecule has 3 nitrogen and oxygen atoms in total. The number of benzene rings is 17. The SMILES string of the molecule is CCCCCCCC1(CCCCCCC)c2ccccc2-c2ccc(-c3ccc4c(c3)C(C)(C)c3cc(-c5cc6c(c7c5oc5ccccc57)-c5cc7c(cc5C6(C)C)-c5ccc(N(c6ccc8c(c6)C(C)(C)c6cc(-c9ccc%10c(c9)C(C)(C)c9cc(-c%11ccc%12c(c%11)C(CCCCCCC)(CCCCCCC)c%11ccccc%11-%12)ccc9-%10)c9c(oc%10ccccc%109)c6-8)c6ccccc6-c6ccccc6)cc5C7(C)C)ccc3-4)cc21. The lowest BCUT2D eigenvalue weighted by molar-refractivity contribution is 0.399. The van der Waals surface area contributed by atoms with Gasteiger partial charge in [-0.25, -0.2) is 0 Å². The number of furan rings is 2. The van der Waals surface area contributed by atoms with Gasteiger partial charge < -0.3 is 13.7 Å². The van der Waals surface area contributed by atoms with E-state index in [-0.39, 0.29) is 27.1 Å². The quantitative estimate of drug-likeness (QED) is 0.0394. The molecule has 0 spiro atoms. The first kappa shape index (κ1) is 95.8. The van der Waals surface area contributed by atoms with Crippen LogP contribution in [-0.2, 0) is 37.9 Å². The summed E-state index contributed by atoms with van der Waals surface area (Å²) in [4.78, 5) is 2.57. The number of rotatable bonds is 32. The van der Waals surface area contributed by atoms with Crippen LogP contribution < -0.4 is 4.90 Å². The number of unbranched alkanes of at least 4 members (excludes halogenated alkanes) is 16. The fourth-order valence-electron chi connectivity index (χ4n) is 29.9. The molecule has 0 N–H and O–H groups in total. The van der Waals surface area contributed by atoms with Gasteiger partial charge in [0.05, 0.1) is 5.69 Å². The smallest absolute Gasteiger partial charge is 0.144 e. The largest absolute Gasteiger partial charge is 0.455 e. The topological polar surface area (TPSA) is 29.5 Å². The molecule has 0 bridgehead atoms. The molecule has 2 aromatic heterocycles. The van der Waals surface area contributed by atoms with E-state index in [0.29, 0.717) is 0 Å². The molecule has 26 rings (SSSR count). The van der Waals surface area contributed by atoms with Crippen molar-refractivity contribution < 1.29 is 8.83 Å². The van der Waals surface area contributed by atoms with E-state index in [2.05, 4.69) is 423 Å². The van der Waals surface area contributed by atoms with Gasteiger partial charge in [0.25, 0.3) is 0 Å². The van der Waals surface area contributed by atoms with Crippen LogP contribution in [0, 0.1) is 0 Å². The van der Waals surface area contributed by atoms with Gasteiger partial charge in [-0.15, -0.1) is 0 Å². The Morgan fingerprint density at radius 1 is 0.193 bits per heavy atom. The number of hydrogen-bond donors (Lipinski definition) is 0. The molecule has 2 heterocycles. The first-order valence-electron chi connectivity index (χ1n) is 57.5. The lowest BCUT2D eigenvalue weighted by atomic mass is 9.70. The fourth-order valence-corrected chi connectivity index (χ4v) is 29.9. The maximum Gasteiger partial charge on any atom is 0.144 e. The highest BCUT2D eigenvalue weighted by Crippen LogP contribution is 2.66. The summed E-state index contributed by atoms with van der Waals surface area (Å²) in [6, 6.07) is 127. The molecule has 17 aromatic carbocycles. The number of anilines is 3. The average Bonchev–Trinajstić information content (AvgIpc) is 1.53. The Morgan fingerprint density at radius 3 is 0.993 bits per heavy atom. The van der Waals surface area contributed by atoms with E-state index < -0.39 is 10.8 Å². The van der Waals surface area contributed by atoms with Crippen LogP contribution in [0.5, 0.6) is 0 Å². The monoisotopic (exact) mass is 1950 g/mol. The normalized spacial score (nSPS) is 15.6. The van der Waals surface area contributed by atoms with Gasteiger partial charge >= 0.3 is 0 Å². The maximum atomic E-state index is 7.41. The van der Waals surface area contributed by atoms with Crippen LogP contribution in [0.25, 0.3) is 177 Å². The Bertz CT molecular complexity index is 8650. The van der Waals surface area contributed by atoms with Crippen LogP contribution in [0.4, 0.5) is 17.1 Å². The van der Waals surface area contributed by atoms with Crippen molar-refractivity contribution in [2.45, 2.75) is 289 Å². The van der Waals surface area contributed by atoms with Crippen molar-refractivity contribution in [2.75, 3.05) is 4.90 Å². The third-order valence-corrected chi connectivity index (χ3v) is 38.1. The summed E-state index contributed by atoms with van der Waals surface area (Å²) >= 11 is 0. The number of nitrogens with zero attached hydrogens (tertiary/aromatic N) is 1. The highest BCUT2D eigenvalue weighted by Gasteiger charge is 2.50. The van der Waals surface area contributed by atoms with E-state index in [4.69, 9.17) is 8.83 Å². The van der Waals surface area contributed by atoms with Crippen LogP contribution >= 0.6 is 0 Å². The predicted molar refractivity (Wildman–Crippen MR) is 637 cm³/mol. The molecule has 7 aliphatic carbocycles. The van der Waals surface area contributed by atoms with Crippen molar-refractivity contribution in [1.82, 2.24) is 0 Å². The zero-order valence-electron chi connectivity index (χ0n) is 90.8. The van der Waals surface area contributed by atoms with Gasteiger partial charge in [-0.05, 0) is 324 Å². The van der Waals surface area contributed by atoms with Crippen LogP contribution in [0.2, 0.25) is 0 Å². The molecule has 19 aromatic rings. The average molecular weight is 1960 g/mol. The summed E-state index contributed by atoms with van der Waals surface area (Å²) in [7, 11) is 0. The Kier molecular flexibility index (Phi) is 23.5. The molecule has 0 radical (unpaired) electrons. The molecule has 0 aliphatic heterocycles. The van der Waals surface area contributed by atoms with E-state index >= 15 is 0 Å². The summed E-state index contributed by atoms with van der Waals surface area (Å²) < 4.78 is 14.8. The molecule has 0 saturated heterocycles. The predicted octanol–water partition coefficient (Wildman–Crippen LogP) is 42.8. The van der Waals surface area contributed by atoms with Crippen molar-refractivity contribution >= 4 is 60.9 Å². The second-order valence-electron chi connectivity index (χ2n) is 48.5. The van der Waals surface area contributed by atoms with E-state index in [1.165, 1.54) is 348 Å². The van der Waals surface area contributed by atoms with Gasteiger partial charge in [0, 0.05) is 87.5 Å². The van der Waals surface area contributed by atoms with Gasteiger partial charge in [0.2, 0.25) is 0 Å². The summed E-state index contributed by atoms with van der Waals surface area (Å²) in [6.07, 6.45) is 30.7. The van der Waals surface area contributed by atoms with E-state index in [9.17, 15) is 0 Å². The molecule has 150 heavy (non-hydrogen) atoms. The van der Waals surface area contributed by atoms with Crippen molar-refractivity contribution in [3.8, 4) is 134 Å². The minimum atomic E-state index is -0.449. The first-order valence-corrected chi connectivity index (χ1v) is 57.5. The lowest BCUT2D eigenvalue weighted by Gasteiger charge is -2.33. The molecule has 0 unspecified atom stereocenters. The number of para-hydroxylation sites is 3. The minimum Gasteiger partial charge on any atom is -0.455 e. The molecule has 748 valence electrons. The second-order valence-corrected chi connectivity index (χ2v) is 48.5. The van der Waals surface area contributed by atoms with Crippen LogP contribution in [0.3, 0.4) is 0 Å². The second kappa shape index (κ2) is 36.8. The molecule has 0 saturated carbocycles. The molecular formula is C147H143NO2. The summed E-state index contributed by atoms with van der Waals surface area (Å²) in [5.74, 6) is 0. The third-order valence-electron chi connectivity index (χ3n) is 38.1. The third kappa shape index (κ3) is 14.8. The van der Waals surface area contributed by atoms with Gasteiger partial charge in [-0.3, -0.25) is 0 Å².